The summed E-state index contributed by atoms with van der Waals surface area (Å²) in [5.74, 6) is -0.511. The summed E-state index contributed by atoms with van der Waals surface area (Å²) in [6.07, 6.45) is 18.7. The first-order valence-corrected chi connectivity index (χ1v) is 9.93. The van der Waals surface area contributed by atoms with Gasteiger partial charge in [0.1, 0.15) is 6.04 Å². The van der Waals surface area contributed by atoms with E-state index in [-0.39, 0.29) is 0 Å². The first kappa shape index (κ1) is 22.7. The fourth-order valence-electron chi connectivity index (χ4n) is 3.00. The summed E-state index contributed by atoms with van der Waals surface area (Å²) in [5, 5.41) is 2.39. The second kappa shape index (κ2) is 16.6. The lowest BCUT2D eigenvalue weighted by Gasteiger charge is -2.13. The highest BCUT2D eigenvalue weighted by atomic mass is 16.2. The maximum Gasteiger partial charge on any atom is 0.312 e. The lowest BCUT2D eigenvalue weighted by Crippen LogP contribution is -2.46. The van der Waals surface area contributed by atoms with Crippen LogP contribution in [0.25, 0.3) is 0 Å². The molecule has 1 unspecified atom stereocenters. The van der Waals surface area contributed by atoms with E-state index in [1.165, 1.54) is 77.0 Å². The van der Waals surface area contributed by atoms with Gasteiger partial charge in [-0.05, 0) is 6.42 Å². The maximum atomic E-state index is 11.2. The van der Waals surface area contributed by atoms with E-state index in [9.17, 15) is 9.59 Å². The molecule has 0 aliphatic carbocycles. The van der Waals surface area contributed by atoms with E-state index in [4.69, 9.17) is 11.5 Å². The third-order valence-electron chi connectivity index (χ3n) is 4.51. The quantitative estimate of drug-likeness (QED) is 0.342. The normalized spacial score (nSPS) is 12.0. The van der Waals surface area contributed by atoms with Gasteiger partial charge in [-0.2, -0.15) is 0 Å². The first-order chi connectivity index (χ1) is 11.6. The summed E-state index contributed by atoms with van der Waals surface area (Å²) >= 11 is 0. The molecule has 0 aromatic heterocycles. The van der Waals surface area contributed by atoms with E-state index in [1.54, 1.807) is 0 Å². The molecule has 24 heavy (non-hydrogen) atoms. The van der Waals surface area contributed by atoms with Gasteiger partial charge in [-0.1, -0.05) is 96.8 Å². The van der Waals surface area contributed by atoms with Gasteiger partial charge < -0.3 is 16.8 Å². The molecule has 0 aliphatic rings. The van der Waals surface area contributed by atoms with Crippen molar-refractivity contribution >= 4 is 11.9 Å². The fourth-order valence-corrected chi connectivity index (χ4v) is 3.00. The Morgan fingerprint density at radius 3 is 1.42 bits per heavy atom. The summed E-state index contributed by atoms with van der Waals surface area (Å²) in [6, 6.07) is -1.32. The minimum absolute atomic E-state index is 0.511. The zero-order valence-corrected chi connectivity index (χ0v) is 15.7. The monoisotopic (exact) mass is 341 g/mol. The number of hydrogen-bond acceptors (Lipinski definition) is 2. The van der Waals surface area contributed by atoms with E-state index in [1.807, 2.05) is 0 Å². The lowest BCUT2D eigenvalue weighted by atomic mass is 10.0. The van der Waals surface area contributed by atoms with Crippen LogP contribution in [0, 0.1) is 0 Å². The molecular formula is C19H39N3O2. The third-order valence-corrected chi connectivity index (χ3v) is 4.51. The van der Waals surface area contributed by atoms with Crippen LogP contribution >= 0.6 is 0 Å². The average Bonchev–Trinajstić information content (AvgIpc) is 2.53. The Hall–Kier alpha value is -1.26. The van der Waals surface area contributed by atoms with Crippen molar-refractivity contribution in [1.29, 1.82) is 0 Å². The summed E-state index contributed by atoms with van der Waals surface area (Å²) in [6.45, 7) is 2.26. The number of carbonyl (C=O) groups excluding carboxylic acids is 2. The van der Waals surface area contributed by atoms with Crippen molar-refractivity contribution in [2.75, 3.05) is 0 Å². The molecule has 0 aliphatic heterocycles. The molecule has 0 heterocycles. The fraction of sp³-hybridized carbons (Fsp3) is 0.895. The predicted octanol–water partition coefficient (Wildman–Crippen LogP) is 4.38. The van der Waals surface area contributed by atoms with E-state index in [0.29, 0.717) is 6.42 Å². The van der Waals surface area contributed by atoms with Gasteiger partial charge in [0.25, 0.3) is 0 Å². The van der Waals surface area contributed by atoms with Crippen LogP contribution in [0.3, 0.4) is 0 Å². The van der Waals surface area contributed by atoms with E-state index in [0.717, 1.165) is 12.8 Å². The number of nitrogens with two attached hydrogens (primary N) is 2. The number of rotatable bonds is 17. The molecule has 0 fully saturated rings. The van der Waals surface area contributed by atoms with Crippen LogP contribution in [0.1, 0.15) is 103 Å². The Morgan fingerprint density at radius 1 is 0.708 bits per heavy atom. The molecule has 5 nitrogen and oxygen atoms in total. The molecule has 1 atom stereocenters. The van der Waals surface area contributed by atoms with Crippen molar-refractivity contribution in [3.05, 3.63) is 0 Å². The van der Waals surface area contributed by atoms with Gasteiger partial charge in [-0.3, -0.25) is 4.79 Å². The van der Waals surface area contributed by atoms with Gasteiger partial charge in [0.05, 0.1) is 0 Å². The molecule has 0 bridgehead atoms. The van der Waals surface area contributed by atoms with Gasteiger partial charge in [0.15, 0.2) is 0 Å². The van der Waals surface area contributed by atoms with Crippen molar-refractivity contribution in [3.8, 4) is 0 Å². The minimum Gasteiger partial charge on any atom is -0.368 e. The summed E-state index contributed by atoms with van der Waals surface area (Å²) in [5.41, 5.74) is 10.3. The SMILES string of the molecule is CCCCCCCCCCCCCCCCC(NC(N)=O)C(N)=O. The van der Waals surface area contributed by atoms with E-state index in [2.05, 4.69) is 12.2 Å². The minimum atomic E-state index is -0.691. The molecule has 142 valence electrons. The Morgan fingerprint density at radius 2 is 1.08 bits per heavy atom. The van der Waals surface area contributed by atoms with Crippen molar-refractivity contribution in [2.24, 2.45) is 11.5 Å². The molecule has 5 heteroatoms. The van der Waals surface area contributed by atoms with Gasteiger partial charge in [-0.15, -0.1) is 0 Å². The smallest absolute Gasteiger partial charge is 0.312 e. The molecule has 0 aromatic carbocycles. The topological polar surface area (TPSA) is 98.2 Å². The summed E-state index contributed by atoms with van der Waals surface area (Å²) in [7, 11) is 0. The molecular weight excluding hydrogens is 302 g/mol. The summed E-state index contributed by atoms with van der Waals surface area (Å²) < 4.78 is 0. The lowest BCUT2D eigenvalue weighted by molar-refractivity contribution is -0.119. The van der Waals surface area contributed by atoms with Crippen LogP contribution in [-0.2, 0) is 4.79 Å². The number of nitrogens with one attached hydrogen (secondary N) is 1. The number of primary amides is 2. The number of carbonyl (C=O) groups is 2. The van der Waals surface area contributed by atoms with E-state index >= 15 is 0 Å². The highest BCUT2D eigenvalue weighted by Crippen LogP contribution is 2.13. The van der Waals surface area contributed by atoms with Crippen molar-refractivity contribution in [1.82, 2.24) is 5.32 Å². The van der Waals surface area contributed by atoms with Crippen molar-refractivity contribution in [2.45, 2.75) is 109 Å². The molecule has 0 saturated heterocycles. The van der Waals surface area contributed by atoms with Gasteiger partial charge in [-0.25, -0.2) is 4.79 Å². The Kier molecular flexibility index (Phi) is 15.7. The summed E-state index contributed by atoms with van der Waals surface area (Å²) in [4.78, 5) is 21.9. The molecule has 0 saturated carbocycles. The Labute approximate surface area is 148 Å². The van der Waals surface area contributed by atoms with Crippen LogP contribution in [0.15, 0.2) is 0 Å². The number of amides is 3. The van der Waals surface area contributed by atoms with Crippen molar-refractivity contribution < 1.29 is 9.59 Å². The highest BCUT2D eigenvalue weighted by Gasteiger charge is 2.15. The second-order valence-corrected chi connectivity index (χ2v) is 6.85. The molecule has 0 aromatic rings. The Balaban J connectivity index is 3.30. The number of urea groups is 1. The first-order valence-electron chi connectivity index (χ1n) is 9.93. The molecule has 0 radical (unpaired) electrons. The largest absolute Gasteiger partial charge is 0.368 e. The Bertz CT molecular complexity index is 322. The van der Waals surface area contributed by atoms with Gasteiger partial charge in [0.2, 0.25) is 5.91 Å². The van der Waals surface area contributed by atoms with Crippen LogP contribution in [0.5, 0.6) is 0 Å². The van der Waals surface area contributed by atoms with Crippen LogP contribution in [-0.4, -0.2) is 18.0 Å². The van der Waals surface area contributed by atoms with Crippen molar-refractivity contribution in [3.63, 3.8) is 0 Å². The van der Waals surface area contributed by atoms with Gasteiger partial charge in [0, 0.05) is 0 Å². The predicted molar refractivity (Wildman–Crippen MR) is 101 cm³/mol. The zero-order valence-electron chi connectivity index (χ0n) is 15.7. The highest BCUT2D eigenvalue weighted by molar-refractivity contribution is 5.85. The number of hydrogen-bond donors (Lipinski definition) is 3. The van der Waals surface area contributed by atoms with Gasteiger partial charge >= 0.3 is 6.03 Å². The van der Waals surface area contributed by atoms with Crippen LogP contribution < -0.4 is 16.8 Å². The molecule has 0 rings (SSSR count). The molecule has 0 spiro atoms. The van der Waals surface area contributed by atoms with Crippen LogP contribution in [0.2, 0.25) is 0 Å². The second-order valence-electron chi connectivity index (χ2n) is 6.85. The third kappa shape index (κ3) is 15.6. The molecule has 5 N–H and O–H groups in total. The van der Waals surface area contributed by atoms with Crippen LogP contribution in [0.4, 0.5) is 4.79 Å². The number of unbranched alkanes of at least 4 members (excludes halogenated alkanes) is 13. The maximum absolute atomic E-state index is 11.2. The van der Waals surface area contributed by atoms with E-state index < -0.39 is 18.0 Å². The zero-order chi connectivity index (χ0) is 18.0. The average molecular weight is 342 g/mol. The molecule has 3 amide bonds. The standard InChI is InChI=1S/C19H39N3O2/c1-2-3-4-5-6-7-8-9-10-11-12-13-14-15-16-17(18(20)23)22-19(21)24/h17H,2-16H2,1H3,(H2,20,23)(H3,21,22,24).